The Morgan fingerprint density at radius 3 is 2.64 bits per heavy atom. The molecular formula is C27H29BrN4O. The van der Waals surface area contributed by atoms with Gasteiger partial charge in [0.05, 0.1) is 5.69 Å². The molecule has 4 heterocycles. The van der Waals surface area contributed by atoms with E-state index in [-0.39, 0.29) is 5.91 Å². The van der Waals surface area contributed by atoms with Gasteiger partial charge in [0.15, 0.2) is 0 Å². The Hall–Kier alpha value is -2.57. The van der Waals surface area contributed by atoms with Crippen molar-refractivity contribution >= 4 is 21.8 Å². The molecular weight excluding hydrogens is 476 g/mol. The van der Waals surface area contributed by atoms with Crippen LogP contribution in [0.2, 0.25) is 0 Å². The second kappa shape index (κ2) is 9.35. The van der Waals surface area contributed by atoms with Gasteiger partial charge in [-0.2, -0.15) is 0 Å². The molecule has 3 saturated heterocycles. The average Bonchev–Trinajstić information content (AvgIpc) is 2.83. The highest BCUT2D eigenvalue weighted by Crippen LogP contribution is 2.42. The van der Waals surface area contributed by atoms with Crippen molar-refractivity contribution in [3.8, 4) is 11.3 Å². The topological polar surface area (TPSA) is 58.1 Å². The molecule has 5 nitrogen and oxygen atoms in total. The second-order valence-corrected chi connectivity index (χ2v) is 10.2. The van der Waals surface area contributed by atoms with Crippen LogP contribution >= 0.6 is 15.9 Å². The van der Waals surface area contributed by atoms with Crippen LogP contribution < -0.4 is 5.32 Å². The van der Waals surface area contributed by atoms with Crippen LogP contribution in [0, 0.1) is 19.8 Å². The van der Waals surface area contributed by atoms with Crippen LogP contribution in [0.15, 0.2) is 59.1 Å². The maximum atomic E-state index is 12.6. The molecule has 3 fully saturated rings. The van der Waals surface area contributed by atoms with Crippen LogP contribution in [0.5, 0.6) is 0 Å². The zero-order valence-electron chi connectivity index (χ0n) is 19.1. The minimum Gasteiger partial charge on any atom is -0.350 e. The smallest absolute Gasteiger partial charge is 0.251 e. The summed E-state index contributed by atoms with van der Waals surface area (Å²) >= 11 is 3.66. The van der Waals surface area contributed by atoms with Gasteiger partial charge in [-0.3, -0.25) is 9.69 Å². The molecule has 33 heavy (non-hydrogen) atoms. The number of aryl methyl sites for hydroxylation is 2. The molecule has 0 radical (unpaired) electrons. The van der Waals surface area contributed by atoms with Gasteiger partial charge in [0.2, 0.25) is 0 Å². The van der Waals surface area contributed by atoms with E-state index in [0.717, 1.165) is 57.9 Å². The van der Waals surface area contributed by atoms with E-state index in [4.69, 9.17) is 9.97 Å². The molecule has 0 saturated carbocycles. The second-order valence-electron chi connectivity index (χ2n) is 9.32. The van der Waals surface area contributed by atoms with Gasteiger partial charge in [-0.05, 0) is 63.4 Å². The van der Waals surface area contributed by atoms with Crippen molar-refractivity contribution in [3.63, 3.8) is 0 Å². The lowest BCUT2D eigenvalue weighted by Gasteiger charge is -2.49. The first-order chi connectivity index (χ1) is 16.0. The summed E-state index contributed by atoms with van der Waals surface area (Å²) in [5.41, 5.74) is 5.11. The third-order valence-electron chi connectivity index (χ3n) is 7.08. The fraction of sp³-hybridized carbons (Fsp3) is 0.370. The van der Waals surface area contributed by atoms with E-state index >= 15 is 0 Å². The Kier molecular flexibility index (Phi) is 6.30. The number of halogens is 1. The van der Waals surface area contributed by atoms with Crippen molar-refractivity contribution in [2.45, 2.75) is 38.6 Å². The van der Waals surface area contributed by atoms with E-state index in [1.54, 1.807) is 0 Å². The predicted molar refractivity (Wildman–Crippen MR) is 134 cm³/mol. The number of piperidine rings is 3. The van der Waals surface area contributed by atoms with Crippen LogP contribution in [-0.4, -0.2) is 46.5 Å². The SMILES string of the molecule is Cc1ccc(C(=O)NC[C@H]2C[C@H]3CCN2C[C@@H]3c2cc(-c3ccccc3Br)nc(C)n2)cc1. The van der Waals surface area contributed by atoms with Gasteiger partial charge in [0.1, 0.15) is 5.82 Å². The number of benzene rings is 2. The summed E-state index contributed by atoms with van der Waals surface area (Å²) in [6.45, 7) is 6.79. The monoisotopic (exact) mass is 504 g/mol. The number of fused-ring (bicyclic) bond motifs is 3. The lowest BCUT2D eigenvalue weighted by atomic mass is 9.74. The van der Waals surface area contributed by atoms with Crippen LogP contribution in [-0.2, 0) is 0 Å². The highest BCUT2D eigenvalue weighted by Gasteiger charge is 2.41. The Bertz CT molecular complexity index is 1160. The first-order valence-electron chi connectivity index (χ1n) is 11.7. The Morgan fingerprint density at radius 1 is 1.12 bits per heavy atom. The number of hydrogen-bond donors (Lipinski definition) is 1. The minimum atomic E-state index is 0.0127. The molecule has 3 aliphatic rings. The van der Waals surface area contributed by atoms with E-state index in [1.165, 1.54) is 6.42 Å². The molecule has 0 aliphatic carbocycles. The molecule has 6 heteroatoms. The van der Waals surface area contributed by atoms with Crippen molar-refractivity contribution in [3.05, 3.63) is 81.7 Å². The number of aromatic nitrogens is 2. The lowest BCUT2D eigenvalue weighted by molar-refractivity contribution is 0.0290. The predicted octanol–water partition coefficient (Wildman–Crippen LogP) is 5.13. The standard InChI is InChI=1S/C27H29BrN4O/c1-17-7-9-19(10-8-17)27(33)29-15-21-13-20-11-12-32(21)16-23(20)26-14-25(30-18(2)31-26)22-5-3-4-6-24(22)28/h3-10,14,20-21,23H,11-13,15-16H2,1-2H3,(H,29,33)/t20-,21-,23+/m1/s1. The molecule has 6 rings (SSSR count). The van der Waals surface area contributed by atoms with Gasteiger partial charge >= 0.3 is 0 Å². The van der Waals surface area contributed by atoms with Crippen LogP contribution in [0.3, 0.4) is 0 Å². The molecule has 1 amide bonds. The summed E-state index contributed by atoms with van der Waals surface area (Å²) in [5, 5.41) is 3.16. The molecule has 3 aliphatic heterocycles. The highest BCUT2D eigenvalue weighted by atomic mass is 79.9. The molecule has 0 spiro atoms. The van der Waals surface area contributed by atoms with Crippen LogP contribution in [0.25, 0.3) is 11.3 Å². The fourth-order valence-corrected chi connectivity index (χ4v) is 5.78. The van der Waals surface area contributed by atoms with Crippen molar-refractivity contribution in [1.29, 1.82) is 0 Å². The average molecular weight is 505 g/mol. The number of rotatable bonds is 5. The molecule has 2 aromatic carbocycles. The largest absolute Gasteiger partial charge is 0.350 e. The van der Waals surface area contributed by atoms with Gasteiger partial charge in [-0.15, -0.1) is 0 Å². The number of nitrogens with one attached hydrogen (secondary N) is 1. The number of amides is 1. The minimum absolute atomic E-state index is 0.0127. The van der Waals surface area contributed by atoms with E-state index in [0.29, 0.717) is 24.4 Å². The first-order valence-corrected chi connectivity index (χ1v) is 12.5. The van der Waals surface area contributed by atoms with Gasteiger partial charge in [0.25, 0.3) is 5.91 Å². The maximum Gasteiger partial charge on any atom is 0.251 e. The Morgan fingerprint density at radius 2 is 1.91 bits per heavy atom. The molecule has 1 unspecified atom stereocenters. The van der Waals surface area contributed by atoms with Gasteiger partial charge in [-0.25, -0.2) is 9.97 Å². The van der Waals surface area contributed by atoms with Gasteiger partial charge < -0.3 is 5.32 Å². The number of carbonyl (C=O) groups is 1. The van der Waals surface area contributed by atoms with E-state index in [9.17, 15) is 4.79 Å². The Balaban J connectivity index is 1.28. The maximum absolute atomic E-state index is 12.6. The van der Waals surface area contributed by atoms with Crippen LogP contribution in [0.4, 0.5) is 0 Å². The van der Waals surface area contributed by atoms with Crippen molar-refractivity contribution in [1.82, 2.24) is 20.2 Å². The third-order valence-corrected chi connectivity index (χ3v) is 7.77. The third kappa shape index (κ3) is 4.73. The summed E-state index contributed by atoms with van der Waals surface area (Å²) in [7, 11) is 0. The number of carbonyl (C=O) groups excluding carboxylic acids is 1. The van der Waals surface area contributed by atoms with Gasteiger partial charge in [-0.1, -0.05) is 51.8 Å². The normalized spacial score (nSPS) is 24.0. The quantitative estimate of drug-likeness (QED) is 0.523. The summed E-state index contributed by atoms with van der Waals surface area (Å²) < 4.78 is 1.05. The molecule has 1 N–H and O–H groups in total. The summed E-state index contributed by atoms with van der Waals surface area (Å²) in [6, 6.07) is 18.5. The Labute approximate surface area is 203 Å². The number of nitrogens with zero attached hydrogens (tertiary/aromatic N) is 3. The van der Waals surface area contributed by atoms with Gasteiger partial charge in [0, 0.05) is 46.3 Å². The van der Waals surface area contributed by atoms with Crippen molar-refractivity contribution < 1.29 is 4.79 Å². The lowest BCUT2D eigenvalue weighted by Crippen LogP contribution is -2.56. The van der Waals surface area contributed by atoms with Crippen molar-refractivity contribution in [2.24, 2.45) is 5.92 Å². The van der Waals surface area contributed by atoms with Crippen molar-refractivity contribution in [2.75, 3.05) is 19.6 Å². The van der Waals surface area contributed by atoms with E-state index < -0.39 is 0 Å². The molecule has 4 atom stereocenters. The van der Waals surface area contributed by atoms with E-state index in [2.05, 4.69) is 44.3 Å². The first kappa shape index (κ1) is 22.2. The molecule has 170 valence electrons. The fourth-order valence-electron chi connectivity index (χ4n) is 5.29. The molecule has 2 bridgehead atoms. The zero-order valence-corrected chi connectivity index (χ0v) is 20.7. The van der Waals surface area contributed by atoms with E-state index in [1.807, 2.05) is 50.2 Å². The molecule has 1 aromatic heterocycles. The molecule has 3 aromatic rings. The summed E-state index contributed by atoms with van der Waals surface area (Å²) in [5.74, 6) is 1.82. The summed E-state index contributed by atoms with van der Waals surface area (Å²) in [4.78, 5) is 24.7. The number of hydrogen-bond acceptors (Lipinski definition) is 4. The summed E-state index contributed by atoms with van der Waals surface area (Å²) in [6.07, 6.45) is 2.27. The van der Waals surface area contributed by atoms with Crippen LogP contribution in [0.1, 0.15) is 46.2 Å². The zero-order chi connectivity index (χ0) is 22.9. The highest BCUT2D eigenvalue weighted by molar-refractivity contribution is 9.10.